The molecule has 0 N–H and O–H groups in total. The highest BCUT2D eigenvalue weighted by Gasteiger charge is 2.37. The zero-order chi connectivity index (χ0) is 24.9. The van der Waals surface area contributed by atoms with Crippen LogP contribution in [-0.4, -0.2) is 11.2 Å². The van der Waals surface area contributed by atoms with Gasteiger partial charge in [-0.3, -0.25) is 0 Å². The Kier molecular flexibility index (Phi) is 6.22. The predicted octanol–water partition coefficient (Wildman–Crippen LogP) is 8.39. The van der Waals surface area contributed by atoms with Gasteiger partial charge in [0.2, 0.25) is 0 Å². The zero-order valence-corrected chi connectivity index (χ0v) is 22.0. The highest BCUT2D eigenvalue weighted by Crippen LogP contribution is 2.53. The van der Waals surface area contributed by atoms with Gasteiger partial charge in [-0.2, -0.15) is 0 Å². The first kappa shape index (κ1) is 23.7. The molecule has 1 aliphatic heterocycles. The molecule has 0 spiro atoms. The van der Waals surface area contributed by atoms with E-state index in [2.05, 4.69) is 69.4 Å². The van der Waals surface area contributed by atoms with E-state index in [0.717, 1.165) is 29.0 Å². The lowest BCUT2D eigenvalue weighted by Gasteiger charge is -2.37. The van der Waals surface area contributed by atoms with Gasteiger partial charge in [0.05, 0.1) is 11.7 Å². The largest absolute Gasteiger partial charge is 0.442 e. The molecule has 0 bridgehead atoms. The van der Waals surface area contributed by atoms with Crippen LogP contribution in [0.25, 0.3) is 22.4 Å². The molecule has 0 saturated heterocycles. The lowest BCUT2D eigenvalue weighted by atomic mass is 9.82. The summed E-state index contributed by atoms with van der Waals surface area (Å²) in [6, 6.07) is 15.4. The summed E-state index contributed by atoms with van der Waals surface area (Å²) in [6.45, 7) is 11.0. The van der Waals surface area contributed by atoms with Crippen molar-refractivity contribution in [3.8, 4) is 22.4 Å². The van der Waals surface area contributed by atoms with Gasteiger partial charge < -0.3 is 8.72 Å². The first-order valence-corrected chi connectivity index (χ1v) is 13.3. The maximum atomic E-state index is 13.4. The fraction of sp³-hybridized carbons (Fsp3) is 0.300. The molecule has 0 radical (unpaired) electrons. The number of rotatable bonds is 5. The second kappa shape index (κ2) is 9.19. The minimum atomic E-state index is -0.236. The monoisotopic (exact) mass is 486 g/mol. The third-order valence-corrected chi connectivity index (χ3v) is 8.03. The van der Waals surface area contributed by atoms with Gasteiger partial charge in [0.25, 0.3) is 0 Å². The fourth-order valence-electron chi connectivity index (χ4n) is 5.41. The molecule has 4 aromatic rings. The average molecular weight is 487 g/mol. The number of halogens is 1. The summed E-state index contributed by atoms with van der Waals surface area (Å²) in [6.07, 6.45) is 3.61. The number of oxazole rings is 1. The Morgan fingerprint density at radius 3 is 2.29 bits per heavy atom. The highest BCUT2D eigenvalue weighted by atomic mass is 32.2. The summed E-state index contributed by atoms with van der Waals surface area (Å²) in [5, 5.41) is 0. The molecule has 1 atom stereocenters. The molecule has 0 aliphatic carbocycles. The summed E-state index contributed by atoms with van der Waals surface area (Å²) in [5.74, 6) is 1.32. The average Bonchev–Trinajstić information content (AvgIpc) is 3.27. The van der Waals surface area contributed by atoms with E-state index < -0.39 is 0 Å². The van der Waals surface area contributed by atoms with Crippen LogP contribution in [0.15, 0.2) is 52.9 Å². The topological polar surface area (TPSA) is 29.3 Å². The van der Waals surface area contributed by atoms with E-state index in [1.807, 2.05) is 0 Å². The number of benzene rings is 3. The molecule has 5 heteroatoms. The predicted molar refractivity (Wildman–Crippen MR) is 145 cm³/mol. The Bertz CT molecular complexity index is 1390. The summed E-state index contributed by atoms with van der Waals surface area (Å²) in [7, 11) is 0. The molecule has 3 nitrogen and oxygen atoms in total. The molecule has 35 heavy (non-hydrogen) atoms. The van der Waals surface area contributed by atoms with E-state index in [1.54, 1.807) is 24.1 Å². The Balaban J connectivity index is 1.73. The van der Waals surface area contributed by atoms with E-state index in [-0.39, 0.29) is 11.9 Å². The standard InChI is InChI=1S/C30H31FN2OS/c1-7-24-18(3)29-27(19(4)26(24)22-12-8-17(2)9-13-22)28-30(20(5)33(29)35-6)34-25(32-28)16-21-10-14-23(31)15-11-21/h8-15,20H,7,16H2,1-6H3. The lowest BCUT2D eigenvalue weighted by molar-refractivity contribution is 0.443. The quantitative estimate of drug-likeness (QED) is 0.265. The minimum Gasteiger partial charge on any atom is -0.442 e. The number of fused-ring (bicyclic) bond motifs is 3. The molecule has 5 rings (SSSR count). The van der Waals surface area contributed by atoms with Gasteiger partial charge in [0, 0.05) is 18.2 Å². The zero-order valence-electron chi connectivity index (χ0n) is 21.2. The van der Waals surface area contributed by atoms with Crippen molar-refractivity contribution in [2.24, 2.45) is 0 Å². The molecule has 0 saturated carbocycles. The van der Waals surface area contributed by atoms with E-state index in [4.69, 9.17) is 9.40 Å². The Labute approximate surface area is 211 Å². The van der Waals surface area contributed by atoms with Gasteiger partial charge in [-0.25, -0.2) is 9.37 Å². The van der Waals surface area contributed by atoms with Gasteiger partial charge in [0.15, 0.2) is 11.7 Å². The molecule has 1 unspecified atom stereocenters. The van der Waals surface area contributed by atoms with Crippen molar-refractivity contribution < 1.29 is 8.81 Å². The van der Waals surface area contributed by atoms with Crippen LogP contribution < -0.4 is 4.31 Å². The minimum absolute atomic E-state index is 0.0509. The second-order valence-electron chi connectivity index (χ2n) is 9.35. The number of hydrogen-bond donors (Lipinski definition) is 0. The van der Waals surface area contributed by atoms with Crippen LogP contribution in [0.5, 0.6) is 0 Å². The van der Waals surface area contributed by atoms with Gasteiger partial charge in [-0.1, -0.05) is 60.8 Å². The number of aryl methyl sites for hydroxylation is 1. The molecule has 1 aromatic heterocycles. The molecule has 3 aromatic carbocycles. The maximum absolute atomic E-state index is 13.4. The van der Waals surface area contributed by atoms with Gasteiger partial charge >= 0.3 is 0 Å². The fourth-order valence-corrected chi connectivity index (χ4v) is 6.23. The molecule has 2 heterocycles. The van der Waals surface area contributed by atoms with Crippen LogP contribution in [0.4, 0.5) is 10.1 Å². The first-order valence-electron chi connectivity index (χ1n) is 12.1. The molecular weight excluding hydrogens is 455 g/mol. The van der Waals surface area contributed by atoms with Crippen molar-refractivity contribution in [2.45, 2.75) is 53.5 Å². The van der Waals surface area contributed by atoms with E-state index in [9.17, 15) is 4.39 Å². The van der Waals surface area contributed by atoms with E-state index in [1.165, 1.54) is 51.2 Å². The summed E-state index contributed by atoms with van der Waals surface area (Å²) in [5.41, 5.74) is 12.0. The normalized spacial score (nSPS) is 14.7. The van der Waals surface area contributed by atoms with Crippen molar-refractivity contribution >= 4 is 17.6 Å². The third-order valence-electron chi connectivity index (χ3n) is 7.14. The number of hydrogen-bond acceptors (Lipinski definition) is 4. The van der Waals surface area contributed by atoms with Crippen LogP contribution in [0.3, 0.4) is 0 Å². The summed E-state index contributed by atoms with van der Waals surface area (Å²) in [4.78, 5) is 5.04. The van der Waals surface area contributed by atoms with Crippen molar-refractivity contribution in [1.29, 1.82) is 0 Å². The van der Waals surface area contributed by atoms with Gasteiger partial charge in [0.1, 0.15) is 11.5 Å². The number of aromatic nitrogens is 1. The van der Waals surface area contributed by atoms with Crippen LogP contribution in [0, 0.1) is 26.6 Å². The Hall–Kier alpha value is -3.05. The van der Waals surface area contributed by atoms with Crippen molar-refractivity contribution in [1.82, 2.24) is 4.98 Å². The molecule has 1 aliphatic rings. The van der Waals surface area contributed by atoms with E-state index in [0.29, 0.717) is 12.3 Å². The van der Waals surface area contributed by atoms with Gasteiger partial charge in [-0.15, -0.1) is 0 Å². The number of anilines is 1. The smallest absolute Gasteiger partial charge is 0.199 e. The van der Waals surface area contributed by atoms with E-state index >= 15 is 0 Å². The maximum Gasteiger partial charge on any atom is 0.199 e. The Morgan fingerprint density at radius 1 is 0.971 bits per heavy atom. The van der Waals surface area contributed by atoms with Crippen molar-refractivity contribution in [2.75, 3.05) is 10.6 Å². The van der Waals surface area contributed by atoms with Crippen LogP contribution >= 0.6 is 11.9 Å². The highest BCUT2D eigenvalue weighted by molar-refractivity contribution is 8.00. The van der Waals surface area contributed by atoms with Gasteiger partial charge in [-0.05, 0) is 79.6 Å². The molecule has 0 amide bonds. The molecule has 0 fully saturated rings. The van der Waals surface area contributed by atoms with Crippen LogP contribution in [-0.2, 0) is 12.8 Å². The lowest BCUT2D eigenvalue weighted by Crippen LogP contribution is -2.25. The third kappa shape index (κ3) is 3.96. The summed E-state index contributed by atoms with van der Waals surface area (Å²) < 4.78 is 22.2. The molecular formula is C30H31FN2OS. The van der Waals surface area contributed by atoms with Crippen molar-refractivity contribution in [3.05, 3.63) is 93.8 Å². The Morgan fingerprint density at radius 2 is 1.66 bits per heavy atom. The SMILES string of the molecule is CCc1c(C)c2c(c(C)c1-c1ccc(C)cc1)-c1nc(Cc3ccc(F)cc3)oc1C(C)N2SC. The van der Waals surface area contributed by atoms with Crippen LogP contribution in [0.2, 0.25) is 0 Å². The molecule has 180 valence electrons. The first-order chi connectivity index (χ1) is 16.8. The summed E-state index contributed by atoms with van der Waals surface area (Å²) >= 11 is 1.72. The number of nitrogens with zero attached hydrogens (tertiary/aromatic N) is 2. The second-order valence-corrected chi connectivity index (χ2v) is 10.1. The van der Waals surface area contributed by atoms with Crippen LogP contribution in [0.1, 0.15) is 59.4 Å². The van der Waals surface area contributed by atoms with Crippen molar-refractivity contribution in [3.63, 3.8) is 0 Å².